The van der Waals surface area contributed by atoms with Crippen molar-refractivity contribution in [3.05, 3.63) is 35.9 Å². The van der Waals surface area contributed by atoms with Gasteiger partial charge in [-0.2, -0.15) is 0 Å². The molecule has 1 fully saturated rings. The fourth-order valence-corrected chi connectivity index (χ4v) is 3.91. The smallest absolute Gasteiger partial charge is 0.0594 e. The Hall–Kier alpha value is -0.860. The molecular weight excluding hydrogens is 270 g/mol. The second-order valence-corrected chi connectivity index (χ2v) is 7.33. The summed E-state index contributed by atoms with van der Waals surface area (Å²) in [6.07, 6.45) is 5.22. The summed E-state index contributed by atoms with van der Waals surface area (Å²) in [7, 11) is 0. The fraction of sp³-hybridized carbons (Fsp3) is 0.700. The maximum atomic E-state index is 6.16. The molecule has 1 aromatic rings. The summed E-state index contributed by atoms with van der Waals surface area (Å²) in [5, 5.41) is 0. The van der Waals surface area contributed by atoms with E-state index in [-0.39, 0.29) is 5.41 Å². The van der Waals surface area contributed by atoms with Crippen LogP contribution in [0.4, 0.5) is 0 Å². The SMILES string of the molecule is CC(C)N(CCOCC1(c2ccccc2)CCCC1)C(C)C. The van der Waals surface area contributed by atoms with Crippen molar-refractivity contribution in [1.82, 2.24) is 4.90 Å². The van der Waals surface area contributed by atoms with E-state index in [1.54, 1.807) is 0 Å². The van der Waals surface area contributed by atoms with Gasteiger partial charge in [-0.15, -0.1) is 0 Å². The summed E-state index contributed by atoms with van der Waals surface area (Å²) < 4.78 is 6.16. The van der Waals surface area contributed by atoms with Crippen molar-refractivity contribution in [2.24, 2.45) is 0 Å². The van der Waals surface area contributed by atoms with Gasteiger partial charge in [0.1, 0.15) is 0 Å². The lowest BCUT2D eigenvalue weighted by Gasteiger charge is -2.32. The second-order valence-electron chi connectivity index (χ2n) is 7.33. The van der Waals surface area contributed by atoms with Gasteiger partial charge in [-0.1, -0.05) is 43.2 Å². The average molecular weight is 303 g/mol. The van der Waals surface area contributed by atoms with Crippen LogP contribution in [0.5, 0.6) is 0 Å². The summed E-state index contributed by atoms with van der Waals surface area (Å²) in [6, 6.07) is 12.2. The molecule has 0 atom stereocenters. The predicted molar refractivity (Wildman–Crippen MR) is 94.4 cm³/mol. The average Bonchev–Trinajstić information content (AvgIpc) is 2.97. The Balaban J connectivity index is 1.88. The zero-order valence-corrected chi connectivity index (χ0v) is 14.8. The minimum absolute atomic E-state index is 0.266. The first-order valence-corrected chi connectivity index (χ1v) is 8.94. The Morgan fingerprint density at radius 1 is 1.00 bits per heavy atom. The first-order chi connectivity index (χ1) is 10.6. The van der Waals surface area contributed by atoms with Crippen molar-refractivity contribution in [2.45, 2.75) is 70.9 Å². The van der Waals surface area contributed by atoms with E-state index in [1.807, 2.05) is 0 Å². The van der Waals surface area contributed by atoms with Gasteiger partial charge in [-0.25, -0.2) is 0 Å². The van der Waals surface area contributed by atoms with Gasteiger partial charge in [-0.05, 0) is 46.1 Å². The van der Waals surface area contributed by atoms with Crippen LogP contribution in [0.2, 0.25) is 0 Å². The Bertz CT molecular complexity index is 413. The quantitative estimate of drug-likeness (QED) is 0.649. The number of rotatable bonds is 8. The normalized spacial score (nSPS) is 17.8. The van der Waals surface area contributed by atoms with Gasteiger partial charge >= 0.3 is 0 Å². The summed E-state index contributed by atoms with van der Waals surface area (Å²) in [4.78, 5) is 2.50. The van der Waals surface area contributed by atoms with E-state index in [9.17, 15) is 0 Å². The van der Waals surface area contributed by atoms with E-state index in [0.717, 1.165) is 19.8 Å². The molecule has 1 aliphatic rings. The lowest BCUT2D eigenvalue weighted by atomic mass is 9.80. The molecule has 0 unspecified atom stereocenters. The molecule has 0 amide bonds. The van der Waals surface area contributed by atoms with Gasteiger partial charge in [0, 0.05) is 24.0 Å². The lowest BCUT2D eigenvalue weighted by Crippen LogP contribution is -2.40. The van der Waals surface area contributed by atoms with E-state index in [0.29, 0.717) is 12.1 Å². The molecule has 0 spiro atoms. The highest BCUT2D eigenvalue weighted by Crippen LogP contribution is 2.41. The Kier molecular flexibility index (Phi) is 6.46. The molecule has 2 heteroatoms. The van der Waals surface area contributed by atoms with E-state index < -0.39 is 0 Å². The van der Waals surface area contributed by atoms with E-state index in [2.05, 4.69) is 62.9 Å². The first kappa shape index (κ1) is 17.5. The number of benzene rings is 1. The summed E-state index contributed by atoms with van der Waals surface area (Å²) in [5.74, 6) is 0. The second kappa shape index (κ2) is 8.12. The standard InChI is InChI=1S/C20H33NO/c1-17(2)21(18(3)4)14-15-22-16-20(12-8-9-13-20)19-10-6-5-7-11-19/h5-7,10-11,17-18H,8-9,12-16H2,1-4H3. The molecule has 0 N–H and O–H groups in total. The number of ether oxygens (including phenoxy) is 1. The third kappa shape index (κ3) is 4.33. The van der Waals surface area contributed by atoms with Gasteiger partial charge in [0.15, 0.2) is 0 Å². The van der Waals surface area contributed by atoms with Gasteiger partial charge in [0.2, 0.25) is 0 Å². The van der Waals surface area contributed by atoms with Crippen molar-refractivity contribution in [3.63, 3.8) is 0 Å². The molecule has 0 heterocycles. The molecule has 2 nitrogen and oxygen atoms in total. The van der Waals surface area contributed by atoms with Crippen LogP contribution in [-0.2, 0) is 10.2 Å². The van der Waals surface area contributed by atoms with Crippen LogP contribution in [-0.4, -0.2) is 36.7 Å². The molecule has 22 heavy (non-hydrogen) atoms. The van der Waals surface area contributed by atoms with Crippen LogP contribution in [0.25, 0.3) is 0 Å². The molecule has 0 saturated heterocycles. The summed E-state index contributed by atoms with van der Waals surface area (Å²) in [5.41, 5.74) is 1.74. The monoisotopic (exact) mass is 303 g/mol. The Morgan fingerprint density at radius 3 is 2.14 bits per heavy atom. The summed E-state index contributed by atoms with van der Waals surface area (Å²) >= 11 is 0. The molecule has 1 saturated carbocycles. The predicted octanol–water partition coefficient (Wildman–Crippen LogP) is 4.63. The molecule has 0 bridgehead atoms. The molecule has 0 radical (unpaired) electrons. The van der Waals surface area contributed by atoms with Crippen LogP contribution in [0.3, 0.4) is 0 Å². The van der Waals surface area contributed by atoms with E-state index >= 15 is 0 Å². The highest BCUT2D eigenvalue weighted by atomic mass is 16.5. The number of hydrogen-bond donors (Lipinski definition) is 0. The van der Waals surface area contributed by atoms with Gasteiger partial charge in [-0.3, -0.25) is 4.90 Å². The van der Waals surface area contributed by atoms with Crippen LogP contribution in [0, 0.1) is 0 Å². The van der Waals surface area contributed by atoms with Crippen molar-refractivity contribution < 1.29 is 4.74 Å². The van der Waals surface area contributed by atoms with Crippen LogP contribution >= 0.6 is 0 Å². The highest BCUT2D eigenvalue weighted by Gasteiger charge is 2.35. The van der Waals surface area contributed by atoms with E-state index in [1.165, 1.54) is 31.2 Å². The third-order valence-electron chi connectivity index (χ3n) is 5.15. The molecule has 1 aromatic carbocycles. The zero-order chi connectivity index (χ0) is 16.0. The van der Waals surface area contributed by atoms with E-state index in [4.69, 9.17) is 4.74 Å². The van der Waals surface area contributed by atoms with Crippen LogP contribution < -0.4 is 0 Å². The maximum Gasteiger partial charge on any atom is 0.0594 e. The van der Waals surface area contributed by atoms with Gasteiger partial charge < -0.3 is 4.74 Å². The molecule has 124 valence electrons. The minimum Gasteiger partial charge on any atom is -0.379 e. The maximum absolute atomic E-state index is 6.16. The molecular formula is C20H33NO. The minimum atomic E-state index is 0.266. The lowest BCUT2D eigenvalue weighted by molar-refractivity contribution is 0.0498. The topological polar surface area (TPSA) is 12.5 Å². The molecule has 1 aliphatic carbocycles. The van der Waals surface area contributed by atoms with Crippen LogP contribution in [0.1, 0.15) is 58.9 Å². The first-order valence-electron chi connectivity index (χ1n) is 8.94. The number of nitrogens with zero attached hydrogens (tertiary/aromatic N) is 1. The van der Waals surface area contributed by atoms with Crippen molar-refractivity contribution in [3.8, 4) is 0 Å². The molecule has 2 rings (SSSR count). The zero-order valence-electron chi connectivity index (χ0n) is 14.8. The van der Waals surface area contributed by atoms with Crippen molar-refractivity contribution in [2.75, 3.05) is 19.8 Å². The summed E-state index contributed by atoms with van der Waals surface area (Å²) in [6.45, 7) is 11.8. The van der Waals surface area contributed by atoms with Gasteiger partial charge in [0.05, 0.1) is 13.2 Å². The molecule has 0 aromatic heterocycles. The van der Waals surface area contributed by atoms with Gasteiger partial charge in [0.25, 0.3) is 0 Å². The Morgan fingerprint density at radius 2 is 1.59 bits per heavy atom. The fourth-order valence-electron chi connectivity index (χ4n) is 3.91. The highest BCUT2D eigenvalue weighted by molar-refractivity contribution is 5.26. The third-order valence-corrected chi connectivity index (χ3v) is 5.15. The number of hydrogen-bond acceptors (Lipinski definition) is 2. The molecule has 0 aliphatic heterocycles. The van der Waals surface area contributed by atoms with Crippen molar-refractivity contribution >= 4 is 0 Å². The largest absolute Gasteiger partial charge is 0.379 e. The Labute approximate surface area is 136 Å². The van der Waals surface area contributed by atoms with Crippen LogP contribution in [0.15, 0.2) is 30.3 Å². The van der Waals surface area contributed by atoms with Crippen molar-refractivity contribution in [1.29, 1.82) is 0 Å².